The lowest BCUT2D eigenvalue weighted by Crippen LogP contribution is -2.37. The molecule has 3 rings (SSSR count). The van der Waals surface area contributed by atoms with Crippen LogP contribution in [0.15, 0.2) is 41.0 Å². The Bertz CT molecular complexity index is 816. The van der Waals surface area contributed by atoms with Gasteiger partial charge in [-0.15, -0.1) is 0 Å². The first-order valence-electron chi connectivity index (χ1n) is 10.4. The topological polar surface area (TPSA) is 63.0 Å². The Labute approximate surface area is 172 Å². The van der Waals surface area contributed by atoms with Crippen LogP contribution in [0.1, 0.15) is 47.9 Å². The highest BCUT2D eigenvalue weighted by Gasteiger charge is 2.23. The minimum Gasteiger partial charge on any atom is -0.494 e. The third-order valence-corrected chi connectivity index (χ3v) is 5.26. The van der Waals surface area contributed by atoms with Crippen LogP contribution in [0.5, 0.6) is 5.75 Å². The average Bonchev–Trinajstić information content (AvgIpc) is 3.14. The van der Waals surface area contributed by atoms with E-state index in [0.717, 1.165) is 30.6 Å². The minimum atomic E-state index is -0.102. The maximum absolute atomic E-state index is 12.6. The molecule has 29 heavy (non-hydrogen) atoms. The van der Waals surface area contributed by atoms with Crippen molar-refractivity contribution in [2.24, 2.45) is 0 Å². The molecular formula is C23H30N2O4. The Balaban J connectivity index is 1.45. The van der Waals surface area contributed by atoms with Gasteiger partial charge in [-0.05, 0) is 62.4 Å². The van der Waals surface area contributed by atoms with Crippen LogP contribution < -0.4 is 4.74 Å². The van der Waals surface area contributed by atoms with Gasteiger partial charge in [0.1, 0.15) is 5.75 Å². The molecule has 1 aromatic heterocycles. The fourth-order valence-corrected chi connectivity index (χ4v) is 3.71. The van der Waals surface area contributed by atoms with Crippen LogP contribution in [-0.2, 0) is 11.2 Å². The molecule has 0 N–H and O–H groups in total. The molecule has 1 aliphatic rings. The third kappa shape index (κ3) is 5.62. The summed E-state index contributed by atoms with van der Waals surface area (Å²) in [6, 6.07) is 9.62. The fourth-order valence-electron chi connectivity index (χ4n) is 3.71. The van der Waals surface area contributed by atoms with Crippen LogP contribution in [0.4, 0.5) is 0 Å². The largest absolute Gasteiger partial charge is 0.494 e. The van der Waals surface area contributed by atoms with E-state index in [1.165, 1.54) is 11.8 Å². The standard InChI is InChI=1S/C23H30N2O4/c1-3-28-20-11-10-19(17-18(20)2)7-4-9-22(26)24-12-6-13-25(15-14-24)23(27)21-8-5-16-29-21/h5,8,10-11,16-17H,3-4,6-7,9,12-15H2,1-2H3. The first kappa shape index (κ1) is 21.0. The van der Waals surface area contributed by atoms with Crippen LogP contribution in [0.3, 0.4) is 0 Å². The predicted molar refractivity (Wildman–Crippen MR) is 111 cm³/mol. The van der Waals surface area contributed by atoms with Gasteiger partial charge in [-0.25, -0.2) is 0 Å². The summed E-state index contributed by atoms with van der Waals surface area (Å²) in [5.74, 6) is 1.34. The first-order valence-corrected chi connectivity index (χ1v) is 10.4. The van der Waals surface area contributed by atoms with Crippen LogP contribution in [-0.4, -0.2) is 54.4 Å². The summed E-state index contributed by atoms with van der Waals surface area (Å²) in [7, 11) is 0. The lowest BCUT2D eigenvalue weighted by Gasteiger charge is -2.21. The molecule has 1 fully saturated rings. The van der Waals surface area contributed by atoms with Gasteiger partial charge >= 0.3 is 0 Å². The minimum absolute atomic E-state index is 0.102. The van der Waals surface area contributed by atoms with E-state index in [-0.39, 0.29) is 11.8 Å². The molecule has 6 nitrogen and oxygen atoms in total. The summed E-state index contributed by atoms with van der Waals surface area (Å²) in [5.41, 5.74) is 2.36. The summed E-state index contributed by atoms with van der Waals surface area (Å²) in [4.78, 5) is 28.7. The number of carbonyl (C=O) groups is 2. The summed E-state index contributed by atoms with van der Waals surface area (Å²) in [6.45, 7) is 7.16. The zero-order valence-electron chi connectivity index (χ0n) is 17.4. The van der Waals surface area contributed by atoms with Crippen LogP contribution in [0, 0.1) is 6.92 Å². The van der Waals surface area contributed by atoms with Crippen LogP contribution >= 0.6 is 0 Å². The van der Waals surface area contributed by atoms with Gasteiger partial charge in [0.2, 0.25) is 5.91 Å². The Kier molecular flexibility index (Phi) is 7.33. The monoisotopic (exact) mass is 398 g/mol. The van der Waals surface area contributed by atoms with E-state index < -0.39 is 0 Å². The Morgan fingerprint density at radius 1 is 1.10 bits per heavy atom. The van der Waals surface area contributed by atoms with Gasteiger partial charge in [0, 0.05) is 32.6 Å². The quantitative estimate of drug-likeness (QED) is 0.714. The molecular weight excluding hydrogens is 368 g/mol. The Hall–Kier alpha value is -2.76. The van der Waals surface area contributed by atoms with Crippen molar-refractivity contribution in [3.05, 3.63) is 53.5 Å². The van der Waals surface area contributed by atoms with Crippen molar-refractivity contribution in [1.82, 2.24) is 9.80 Å². The number of rotatable bonds is 7. The fraction of sp³-hybridized carbons (Fsp3) is 0.478. The smallest absolute Gasteiger partial charge is 0.289 e. The number of amides is 2. The highest BCUT2D eigenvalue weighted by Crippen LogP contribution is 2.20. The molecule has 1 aliphatic heterocycles. The van der Waals surface area contributed by atoms with Gasteiger partial charge in [-0.2, -0.15) is 0 Å². The highest BCUT2D eigenvalue weighted by molar-refractivity contribution is 5.91. The molecule has 0 atom stereocenters. The van der Waals surface area contributed by atoms with Gasteiger partial charge in [0.05, 0.1) is 12.9 Å². The van der Waals surface area contributed by atoms with Crippen molar-refractivity contribution in [2.45, 2.75) is 39.5 Å². The molecule has 0 spiro atoms. The number of hydrogen-bond donors (Lipinski definition) is 0. The van der Waals surface area contributed by atoms with E-state index >= 15 is 0 Å². The summed E-state index contributed by atoms with van der Waals surface area (Å²) in [6.07, 6.45) is 4.51. The number of benzene rings is 1. The zero-order valence-corrected chi connectivity index (χ0v) is 17.4. The normalized spacial score (nSPS) is 14.6. The van der Waals surface area contributed by atoms with Gasteiger partial charge in [-0.1, -0.05) is 12.1 Å². The maximum atomic E-state index is 12.6. The number of hydrogen-bond acceptors (Lipinski definition) is 4. The second-order valence-electron chi connectivity index (χ2n) is 7.39. The molecule has 0 saturated carbocycles. The molecule has 1 aromatic carbocycles. The first-order chi connectivity index (χ1) is 14.1. The SMILES string of the molecule is CCOc1ccc(CCCC(=O)N2CCCN(C(=O)c3ccco3)CC2)cc1C. The highest BCUT2D eigenvalue weighted by atomic mass is 16.5. The second kappa shape index (κ2) is 10.1. The van der Waals surface area contributed by atoms with Crippen LogP contribution in [0.25, 0.3) is 0 Å². The van der Waals surface area contributed by atoms with Crippen molar-refractivity contribution in [3.8, 4) is 5.75 Å². The van der Waals surface area contributed by atoms with Gasteiger partial charge < -0.3 is 19.0 Å². The number of furan rings is 1. The molecule has 2 heterocycles. The average molecular weight is 399 g/mol. The lowest BCUT2D eigenvalue weighted by atomic mass is 10.0. The Morgan fingerprint density at radius 2 is 1.90 bits per heavy atom. The van der Waals surface area contributed by atoms with E-state index in [0.29, 0.717) is 45.0 Å². The van der Waals surface area contributed by atoms with Crippen molar-refractivity contribution in [1.29, 1.82) is 0 Å². The van der Waals surface area contributed by atoms with Crippen molar-refractivity contribution in [2.75, 3.05) is 32.8 Å². The Morgan fingerprint density at radius 3 is 2.62 bits per heavy atom. The molecule has 0 aliphatic carbocycles. The second-order valence-corrected chi connectivity index (χ2v) is 7.39. The van der Waals surface area contributed by atoms with Crippen LogP contribution in [0.2, 0.25) is 0 Å². The van der Waals surface area contributed by atoms with Crippen molar-refractivity contribution >= 4 is 11.8 Å². The predicted octanol–water partition coefficient (Wildman–Crippen LogP) is 3.68. The van der Waals surface area contributed by atoms with E-state index in [9.17, 15) is 9.59 Å². The number of ether oxygens (including phenoxy) is 1. The molecule has 0 unspecified atom stereocenters. The van der Waals surface area contributed by atoms with Gasteiger partial charge in [-0.3, -0.25) is 9.59 Å². The summed E-state index contributed by atoms with van der Waals surface area (Å²) in [5, 5.41) is 0. The summed E-state index contributed by atoms with van der Waals surface area (Å²) >= 11 is 0. The third-order valence-electron chi connectivity index (χ3n) is 5.26. The molecule has 0 bridgehead atoms. The maximum Gasteiger partial charge on any atom is 0.289 e. The van der Waals surface area contributed by atoms with Crippen molar-refractivity contribution < 1.29 is 18.7 Å². The zero-order chi connectivity index (χ0) is 20.6. The van der Waals surface area contributed by atoms with E-state index in [4.69, 9.17) is 9.15 Å². The van der Waals surface area contributed by atoms with E-state index in [1.807, 2.05) is 24.8 Å². The molecule has 0 radical (unpaired) electrons. The van der Waals surface area contributed by atoms with Crippen molar-refractivity contribution in [3.63, 3.8) is 0 Å². The molecule has 2 amide bonds. The summed E-state index contributed by atoms with van der Waals surface area (Å²) < 4.78 is 10.8. The number of nitrogens with zero attached hydrogens (tertiary/aromatic N) is 2. The van der Waals surface area contributed by atoms with Gasteiger partial charge in [0.15, 0.2) is 5.76 Å². The lowest BCUT2D eigenvalue weighted by molar-refractivity contribution is -0.131. The number of carbonyl (C=O) groups excluding carboxylic acids is 2. The molecule has 6 heteroatoms. The van der Waals surface area contributed by atoms with E-state index in [2.05, 4.69) is 12.1 Å². The molecule has 1 saturated heterocycles. The van der Waals surface area contributed by atoms with E-state index in [1.54, 1.807) is 17.0 Å². The number of aryl methyl sites for hydroxylation is 2. The molecule has 2 aromatic rings. The molecule has 156 valence electrons. The van der Waals surface area contributed by atoms with Gasteiger partial charge in [0.25, 0.3) is 5.91 Å².